The first-order valence-corrected chi connectivity index (χ1v) is 9.94. The second kappa shape index (κ2) is 9.22. The smallest absolute Gasteiger partial charge is 0.323 e. The van der Waals surface area contributed by atoms with Crippen molar-refractivity contribution in [2.45, 2.75) is 6.92 Å². The maximum absolute atomic E-state index is 12.3. The summed E-state index contributed by atoms with van der Waals surface area (Å²) in [6, 6.07) is 18.3. The van der Waals surface area contributed by atoms with Gasteiger partial charge >= 0.3 is 6.03 Å². The Hall–Kier alpha value is -4.33. The van der Waals surface area contributed by atoms with Crippen LogP contribution in [0.5, 0.6) is 11.5 Å². The molecule has 0 bridgehead atoms. The zero-order valence-electron chi connectivity index (χ0n) is 18.0. The van der Waals surface area contributed by atoms with E-state index in [-0.39, 0.29) is 6.03 Å². The summed E-state index contributed by atoms with van der Waals surface area (Å²) in [4.78, 5) is 20.9. The quantitative estimate of drug-likeness (QED) is 0.383. The van der Waals surface area contributed by atoms with Crippen LogP contribution in [0.4, 0.5) is 27.7 Å². The average Bonchev–Trinajstić information content (AvgIpc) is 2.79. The second-order valence-corrected chi connectivity index (χ2v) is 7.10. The lowest BCUT2D eigenvalue weighted by molar-refractivity contribution is 0.262. The minimum atomic E-state index is -0.306. The molecule has 1 heterocycles. The number of nitrogens with zero attached hydrogens (tertiary/aromatic N) is 2. The average molecular weight is 429 g/mol. The van der Waals surface area contributed by atoms with E-state index in [1.807, 2.05) is 61.5 Å². The number of nitrogens with one attached hydrogen (secondary N) is 3. The fourth-order valence-corrected chi connectivity index (χ4v) is 3.27. The lowest BCUT2D eigenvalue weighted by Gasteiger charge is -2.12. The van der Waals surface area contributed by atoms with Crippen molar-refractivity contribution >= 4 is 39.8 Å². The van der Waals surface area contributed by atoms with Gasteiger partial charge in [-0.15, -0.1) is 0 Å². The lowest BCUT2D eigenvalue weighted by atomic mass is 10.2. The molecule has 0 saturated heterocycles. The first kappa shape index (κ1) is 20.9. The van der Waals surface area contributed by atoms with Gasteiger partial charge in [-0.1, -0.05) is 12.1 Å². The minimum Gasteiger partial charge on any atom is -0.493 e. The largest absolute Gasteiger partial charge is 0.493 e. The van der Waals surface area contributed by atoms with E-state index in [0.29, 0.717) is 23.0 Å². The highest BCUT2D eigenvalue weighted by Gasteiger charge is 2.11. The first-order valence-electron chi connectivity index (χ1n) is 9.94. The summed E-state index contributed by atoms with van der Waals surface area (Å²) in [6.45, 7) is 1.97. The molecule has 32 heavy (non-hydrogen) atoms. The van der Waals surface area contributed by atoms with Gasteiger partial charge in [0.05, 0.1) is 19.7 Å². The molecule has 4 rings (SSSR count). The van der Waals surface area contributed by atoms with Crippen LogP contribution >= 0.6 is 0 Å². The van der Waals surface area contributed by atoms with Crippen molar-refractivity contribution < 1.29 is 14.3 Å². The molecule has 3 aromatic carbocycles. The van der Waals surface area contributed by atoms with Gasteiger partial charge in [0.2, 0.25) is 0 Å². The Morgan fingerprint density at radius 3 is 2.22 bits per heavy atom. The number of aryl methyl sites for hydroxylation is 1. The predicted octanol–water partition coefficient (Wildman–Crippen LogP) is 5.34. The number of carbonyl (C=O) groups is 1. The van der Waals surface area contributed by atoms with E-state index < -0.39 is 0 Å². The standard InChI is InChI=1S/C24H23N5O3/c1-15-5-4-6-18(11-15)29-24(30)28-17-9-7-16(8-10-17)27-23-19-12-21(31-2)22(32-3)13-20(19)25-14-26-23/h4-14H,1-3H3,(H,25,26,27)(H2,28,29,30). The molecular weight excluding hydrogens is 406 g/mol. The number of urea groups is 1. The van der Waals surface area contributed by atoms with Gasteiger partial charge in [0.1, 0.15) is 12.1 Å². The summed E-state index contributed by atoms with van der Waals surface area (Å²) in [5, 5.41) is 9.73. The number of hydrogen-bond donors (Lipinski definition) is 3. The molecule has 8 heteroatoms. The third-order valence-electron chi connectivity index (χ3n) is 4.82. The number of carbonyl (C=O) groups excluding carboxylic acids is 1. The van der Waals surface area contributed by atoms with Crippen LogP contribution in [0.2, 0.25) is 0 Å². The van der Waals surface area contributed by atoms with Gasteiger partial charge in [-0.05, 0) is 55.0 Å². The number of hydrogen-bond acceptors (Lipinski definition) is 6. The topological polar surface area (TPSA) is 97.4 Å². The fourth-order valence-electron chi connectivity index (χ4n) is 3.27. The Kier molecular flexibility index (Phi) is 6.03. The van der Waals surface area contributed by atoms with Gasteiger partial charge in [-0.3, -0.25) is 0 Å². The molecule has 0 atom stereocenters. The van der Waals surface area contributed by atoms with Gasteiger partial charge in [-0.2, -0.15) is 0 Å². The van der Waals surface area contributed by atoms with Crippen LogP contribution in [0.25, 0.3) is 10.9 Å². The van der Waals surface area contributed by atoms with Gasteiger partial charge in [0, 0.05) is 28.5 Å². The molecule has 0 spiro atoms. The van der Waals surface area contributed by atoms with E-state index in [4.69, 9.17) is 9.47 Å². The number of amides is 2. The number of anilines is 4. The minimum absolute atomic E-state index is 0.306. The molecule has 0 unspecified atom stereocenters. The van der Waals surface area contributed by atoms with Gasteiger partial charge in [0.25, 0.3) is 0 Å². The number of aromatic nitrogens is 2. The molecular formula is C24H23N5O3. The second-order valence-electron chi connectivity index (χ2n) is 7.10. The Morgan fingerprint density at radius 2 is 1.50 bits per heavy atom. The van der Waals surface area contributed by atoms with Crippen LogP contribution in [0.1, 0.15) is 5.56 Å². The highest BCUT2D eigenvalue weighted by molar-refractivity contribution is 6.00. The molecule has 0 aliphatic carbocycles. The molecule has 0 fully saturated rings. The highest BCUT2D eigenvalue weighted by atomic mass is 16.5. The van der Waals surface area contributed by atoms with Crippen molar-refractivity contribution in [1.82, 2.24) is 9.97 Å². The van der Waals surface area contributed by atoms with Crippen molar-refractivity contribution in [1.29, 1.82) is 0 Å². The van der Waals surface area contributed by atoms with Crippen LogP contribution < -0.4 is 25.4 Å². The van der Waals surface area contributed by atoms with Crippen LogP contribution in [0, 0.1) is 6.92 Å². The Morgan fingerprint density at radius 1 is 0.812 bits per heavy atom. The number of benzene rings is 3. The number of methoxy groups -OCH3 is 2. The van der Waals surface area contributed by atoms with Crippen LogP contribution in [0.15, 0.2) is 67.0 Å². The molecule has 162 valence electrons. The molecule has 0 radical (unpaired) electrons. The summed E-state index contributed by atoms with van der Waals surface area (Å²) < 4.78 is 10.7. The van der Waals surface area contributed by atoms with Gasteiger partial charge < -0.3 is 25.4 Å². The molecule has 2 amide bonds. The molecule has 0 aliphatic rings. The van der Waals surface area contributed by atoms with Crippen LogP contribution in [-0.2, 0) is 0 Å². The van der Waals surface area contributed by atoms with E-state index in [9.17, 15) is 4.79 Å². The zero-order chi connectivity index (χ0) is 22.5. The monoisotopic (exact) mass is 429 g/mol. The van der Waals surface area contributed by atoms with E-state index in [2.05, 4.69) is 25.9 Å². The third kappa shape index (κ3) is 4.70. The maximum atomic E-state index is 12.3. The van der Waals surface area contributed by atoms with Crippen LogP contribution in [-0.4, -0.2) is 30.2 Å². The van der Waals surface area contributed by atoms with Crippen molar-refractivity contribution in [2.75, 3.05) is 30.2 Å². The van der Waals surface area contributed by atoms with E-state index in [1.54, 1.807) is 20.3 Å². The van der Waals surface area contributed by atoms with Crippen molar-refractivity contribution in [3.8, 4) is 11.5 Å². The molecule has 4 aromatic rings. The maximum Gasteiger partial charge on any atom is 0.323 e. The SMILES string of the molecule is COc1cc2ncnc(Nc3ccc(NC(=O)Nc4cccc(C)c4)cc3)c2cc1OC. The van der Waals surface area contributed by atoms with E-state index in [0.717, 1.165) is 27.8 Å². The van der Waals surface area contributed by atoms with E-state index >= 15 is 0 Å². The molecule has 1 aromatic heterocycles. The molecule has 0 aliphatic heterocycles. The van der Waals surface area contributed by atoms with Crippen molar-refractivity contribution in [3.05, 3.63) is 72.6 Å². The summed E-state index contributed by atoms with van der Waals surface area (Å²) >= 11 is 0. The van der Waals surface area contributed by atoms with E-state index in [1.165, 1.54) is 6.33 Å². The normalized spacial score (nSPS) is 10.5. The predicted molar refractivity (Wildman–Crippen MR) is 126 cm³/mol. The van der Waals surface area contributed by atoms with Crippen LogP contribution in [0.3, 0.4) is 0 Å². The summed E-state index contributed by atoms with van der Waals surface area (Å²) in [5.41, 5.74) is 4.02. The number of rotatable bonds is 6. The van der Waals surface area contributed by atoms with Crippen molar-refractivity contribution in [2.24, 2.45) is 0 Å². The summed E-state index contributed by atoms with van der Waals surface area (Å²) in [5.74, 6) is 1.83. The molecule has 0 saturated carbocycles. The summed E-state index contributed by atoms with van der Waals surface area (Å²) in [6.07, 6.45) is 1.49. The van der Waals surface area contributed by atoms with Gasteiger partial charge in [-0.25, -0.2) is 14.8 Å². The van der Waals surface area contributed by atoms with Crippen molar-refractivity contribution in [3.63, 3.8) is 0 Å². The zero-order valence-corrected chi connectivity index (χ0v) is 18.0. The Balaban J connectivity index is 1.48. The lowest BCUT2D eigenvalue weighted by Crippen LogP contribution is -2.19. The third-order valence-corrected chi connectivity index (χ3v) is 4.82. The number of fused-ring (bicyclic) bond motifs is 1. The molecule has 8 nitrogen and oxygen atoms in total. The Labute approximate surface area is 185 Å². The fraction of sp³-hybridized carbons (Fsp3) is 0.125. The number of ether oxygens (including phenoxy) is 2. The highest BCUT2D eigenvalue weighted by Crippen LogP contribution is 2.34. The summed E-state index contributed by atoms with van der Waals surface area (Å²) in [7, 11) is 3.17. The Bertz CT molecular complexity index is 1260. The first-order chi connectivity index (χ1) is 15.6. The molecule has 3 N–H and O–H groups in total. The van der Waals surface area contributed by atoms with Gasteiger partial charge in [0.15, 0.2) is 11.5 Å².